The number of halogens is 1. The maximum Gasteiger partial charge on any atom is 0.238 e. The molecule has 2 atom stereocenters. The van der Waals surface area contributed by atoms with Gasteiger partial charge in [0.05, 0.1) is 6.07 Å². The number of nitrogens with zero attached hydrogens (tertiary/aromatic N) is 1. The lowest BCUT2D eigenvalue weighted by atomic mass is 9.74. The molecule has 0 radical (unpaired) electrons. The standard InChI is InChI=1S/C12H8BrN3O2.H2O/c13-6-1-2-9-7(3-6)12(11(18)16-9)5-15-10(17)8(12)4-14;/h1-3,8H,5H2,(H,15,17)(H,16,18);1H2/t8-,12-;/m1./s1. The Kier molecular flexibility index (Phi) is 3.08. The summed E-state index contributed by atoms with van der Waals surface area (Å²) in [5, 5.41) is 14.5. The molecule has 19 heavy (non-hydrogen) atoms. The average Bonchev–Trinajstić information content (AvgIpc) is 2.81. The van der Waals surface area contributed by atoms with E-state index in [4.69, 9.17) is 0 Å². The van der Waals surface area contributed by atoms with Crippen LogP contribution in [-0.4, -0.2) is 23.8 Å². The molecule has 3 rings (SSSR count). The van der Waals surface area contributed by atoms with Gasteiger partial charge in [-0.15, -0.1) is 0 Å². The number of rotatable bonds is 0. The van der Waals surface area contributed by atoms with Crippen LogP contribution in [0.3, 0.4) is 0 Å². The summed E-state index contributed by atoms with van der Waals surface area (Å²) in [7, 11) is 0. The van der Waals surface area contributed by atoms with Gasteiger partial charge in [0, 0.05) is 16.7 Å². The second-order valence-electron chi connectivity index (χ2n) is 4.40. The molecule has 0 bridgehead atoms. The third-order valence-corrected chi connectivity index (χ3v) is 4.03. The van der Waals surface area contributed by atoms with Gasteiger partial charge in [-0.3, -0.25) is 9.59 Å². The minimum absolute atomic E-state index is 0. The van der Waals surface area contributed by atoms with Crippen LogP contribution in [0.5, 0.6) is 0 Å². The molecule has 0 unspecified atom stereocenters. The van der Waals surface area contributed by atoms with Gasteiger partial charge in [0.15, 0.2) is 0 Å². The summed E-state index contributed by atoms with van der Waals surface area (Å²) < 4.78 is 0.813. The SMILES string of the molecule is N#C[C@@H]1C(=O)NC[C@]12C(=O)Nc1ccc(Br)cc12.O. The number of benzene rings is 1. The summed E-state index contributed by atoms with van der Waals surface area (Å²) in [5.41, 5.74) is 0.275. The van der Waals surface area contributed by atoms with Crippen molar-refractivity contribution in [3.8, 4) is 6.07 Å². The molecule has 98 valence electrons. The van der Waals surface area contributed by atoms with Gasteiger partial charge in [0.2, 0.25) is 11.8 Å². The van der Waals surface area contributed by atoms with Gasteiger partial charge in [-0.25, -0.2) is 0 Å². The predicted molar refractivity (Wildman–Crippen MR) is 70.2 cm³/mol. The first-order valence-electron chi connectivity index (χ1n) is 5.38. The lowest BCUT2D eigenvalue weighted by Crippen LogP contribution is -2.41. The Morgan fingerprint density at radius 3 is 2.84 bits per heavy atom. The summed E-state index contributed by atoms with van der Waals surface area (Å²) in [6.07, 6.45) is 0. The van der Waals surface area contributed by atoms with E-state index in [-0.39, 0.29) is 23.8 Å². The van der Waals surface area contributed by atoms with E-state index in [9.17, 15) is 14.9 Å². The van der Waals surface area contributed by atoms with Crippen molar-refractivity contribution in [3.05, 3.63) is 28.2 Å². The highest BCUT2D eigenvalue weighted by atomic mass is 79.9. The smallest absolute Gasteiger partial charge is 0.238 e. The second-order valence-corrected chi connectivity index (χ2v) is 5.31. The van der Waals surface area contributed by atoms with E-state index in [0.29, 0.717) is 11.3 Å². The van der Waals surface area contributed by atoms with E-state index in [1.165, 1.54) is 0 Å². The fourth-order valence-electron chi connectivity index (χ4n) is 2.64. The number of hydrogen-bond acceptors (Lipinski definition) is 3. The minimum atomic E-state index is -1.09. The number of amides is 2. The van der Waals surface area contributed by atoms with Crippen molar-refractivity contribution in [2.24, 2.45) is 5.92 Å². The van der Waals surface area contributed by atoms with Crippen molar-refractivity contribution in [1.82, 2.24) is 5.32 Å². The predicted octanol–water partition coefficient (Wildman–Crippen LogP) is 0.0839. The number of nitrogens with one attached hydrogen (secondary N) is 2. The van der Waals surface area contributed by atoms with Gasteiger partial charge in [-0.05, 0) is 23.8 Å². The van der Waals surface area contributed by atoms with E-state index in [1.54, 1.807) is 12.1 Å². The highest BCUT2D eigenvalue weighted by molar-refractivity contribution is 9.10. The Morgan fingerprint density at radius 2 is 2.16 bits per heavy atom. The summed E-state index contributed by atoms with van der Waals surface area (Å²) in [6.45, 7) is 0.166. The molecule has 0 saturated carbocycles. The molecule has 2 aliphatic rings. The number of carbonyl (C=O) groups is 2. The molecular formula is C12H10BrN3O3. The minimum Gasteiger partial charge on any atom is -0.412 e. The molecular weight excluding hydrogens is 314 g/mol. The first kappa shape index (κ1) is 13.5. The van der Waals surface area contributed by atoms with Gasteiger partial charge >= 0.3 is 0 Å². The van der Waals surface area contributed by atoms with Crippen molar-refractivity contribution in [3.63, 3.8) is 0 Å². The highest BCUT2D eigenvalue weighted by Gasteiger charge is 2.59. The van der Waals surface area contributed by atoms with Crippen LogP contribution in [0.2, 0.25) is 0 Å². The van der Waals surface area contributed by atoms with E-state index >= 15 is 0 Å². The second kappa shape index (κ2) is 4.33. The zero-order valence-electron chi connectivity index (χ0n) is 9.66. The first-order valence-corrected chi connectivity index (χ1v) is 6.18. The molecule has 6 nitrogen and oxygen atoms in total. The van der Waals surface area contributed by atoms with Crippen LogP contribution in [0, 0.1) is 17.2 Å². The van der Waals surface area contributed by atoms with Gasteiger partial charge in [-0.1, -0.05) is 15.9 Å². The number of fused-ring (bicyclic) bond motifs is 2. The number of anilines is 1. The van der Waals surface area contributed by atoms with Crippen molar-refractivity contribution in [2.75, 3.05) is 11.9 Å². The lowest BCUT2D eigenvalue weighted by Gasteiger charge is -2.22. The molecule has 4 N–H and O–H groups in total. The van der Waals surface area contributed by atoms with Gasteiger partial charge in [0.25, 0.3) is 0 Å². The van der Waals surface area contributed by atoms with E-state index < -0.39 is 11.3 Å². The number of carbonyl (C=O) groups excluding carboxylic acids is 2. The van der Waals surface area contributed by atoms with E-state index in [1.807, 2.05) is 12.1 Å². The van der Waals surface area contributed by atoms with Crippen molar-refractivity contribution >= 4 is 33.4 Å². The fraction of sp³-hybridized carbons (Fsp3) is 0.250. The third-order valence-electron chi connectivity index (χ3n) is 3.54. The Hall–Kier alpha value is -1.91. The summed E-state index contributed by atoms with van der Waals surface area (Å²) in [5.74, 6) is -1.66. The molecule has 7 heteroatoms. The normalized spacial score (nSPS) is 27.3. The quantitative estimate of drug-likeness (QED) is 0.704. The molecule has 0 aliphatic carbocycles. The fourth-order valence-corrected chi connectivity index (χ4v) is 3.00. The zero-order valence-corrected chi connectivity index (χ0v) is 11.2. The third kappa shape index (κ3) is 1.57. The number of nitriles is 1. The average molecular weight is 324 g/mol. The Morgan fingerprint density at radius 1 is 1.42 bits per heavy atom. The van der Waals surface area contributed by atoms with Gasteiger partial charge in [0.1, 0.15) is 11.3 Å². The molecule has 2 amide bonds. The van der Waals surface area contributed by atoms with Crippen LogP contribution < -0.4 is 10.6 Å². The highest BCUT2D eigenvalue weighted by Crippen LogP contribution is 2.46. The molecule has 1 saturated heterocycles. The summed E-state index contributed by atoms with van der Waals surface area (Å²) in [6, 6.07) is 7.31. The molecule has 0 aromatic heterocycles. The summed E-state index contributed by atoms with van der Waals surface area (Å²) >= 11 is 3.34. The van der Waals surface area contributed by atoms with E-state index in [0.717, 1.165) is 4.47 Å². The van der Waals surface area contributed by atoms with Crippen molar-refractivity contribution < 1.29 is 15.1 Å². The topological polar surface area (TPSA) is 113 Å². The Balaban J connectivity index is 0.00000133. The Bertz CT molecular complexity index is 625. The van der Waals surface area contributed by atoms with Gasteiger partial charge in [-0.2, -0.15) is 5.26 Å². The molecule has 1 spiro atoms. The lowest BCUT2D eigenvalue weighted by molar-refractivity contribution is -0.126. The molecule has 2 aliphatic heterocycles. The van der Waals surface area contributed by atoms with Crippen LogP contribution in [0.15, 0.2) is 22.7 Å². The van der Waals surface area contributed by atoms with Crippen LogP contribution in [0.4, 0.5) is 5.69 Å². The first-order chi connectivity index (χ1) is 8.59. The molecule has 1 aromatic rings. The Labute approximate surface area is 117 Å². The zero-order chi connectivity index (χ0) is 12.9. The van der Waals surface area contributed by atoms with Crippen LogP contribution in [-0.2, 0) is 15.0 Å². The number of hydrogen-bond donors (Lipinski definition) is 2. The molecule has 2 heterocycles. The van der Waals surface area contributed by atoms with Crippen LogP contribution in [0.25, 0.3) is 0 Å². The summed E-state index contributed by atoms with van der Waals surface area (Å²) in [4.78, 5) is 23.9. The van der Waals surface area contributed by atoms with Crippen LogP contribution in [0.1, 0.15) is 5.56 Å². The van der Waals surface area contributed by atoms with Gasteiger partial charge < -0.3 is 16.1 Å². The van der Waals surface area contributed by atoms with E-state index in [2.05, 4.69) is 26.6 Å². The van der Waals surface area contributed by atoms with Crippen LogP contribution >= 0.6 is 15.9 Å². The molecule has 1 fully saturated rings. The molecule has 1 aromatic carbocycles. The maximum absolute atomic E-state index is 12.2. The van der Waals surface area contributed by atoms with Crippen molar-refractivity contribution in [2.45, 2.75) is 5.41 Å². The van der Waals surface area contributed by atoms with Crippen molar-refractivity contribution in [1.29, 1.82) is 5.26 Å². The monoisotopic (exact) mass is 323 g/mol. The maximum atomic E-state index is 12.2. The largest absolute Gasteiger partial charge is 0.412 e.